The van der Waals surface area contributed by atoms with Gasteiger partial charge in [0.1, 0.15) is 18.1 Å². The van der Waals surface area contributed by atoms with E-state index in [1.807, 2.05) is 27.7 Å². The number of fused-ring (bicyclic) bond motifs is 1. The second-order valence-electron chi connectivity index (χ2n) is 15.7. The average molecular weight is 705 g/mol. The molecule has 14 heteroatoms. The molecule has 48 heavy (non-hydrogen) atoms. The Morgan fingerprint density at radius 2 is 1.85 bits per heavy atom. The lowest BCUT2D eigenvalue weighted by Gasteiger charge is -2.42. The summed E-state index contributed by atoms with van der Waals surface area (Å²) in [5.74, 6) is -0.637. The van der Waals surface area contributed by atoms with Crippen LogP contribution in [0.25, 0.3) is 0 Å². The highest BCUT2D eigenvalue weighted by Crippen LogP contribution is 2.50. The van der Waals surface area contributed by atoms with E-state index in [9.17, 15) is 27.6 Å². The molecular weight excluding hydrogens is 653 g/mol. The first-order chi connectivity index (χ1) is 22.6. The molecule has 3 saturated carbocycles. The fourth-order valence-corrected chi connectivity index (χ4v) is 9.67. The smallest absolute Gasteiger partial charge is 0.268 e. The summed E-state index contributed by atoms with van der Waals surface area (Å²) in [7, 11) is -4.09. The van der Waals surface area contributed by atoms with Crippen molar-refractivity contribution in [3.63, 3.8) is 0 Å². The summed E-state index contributed by atoms with van der Waals surface area (Å²) in [4.78, 5) is 60.7. The lowest BCUT2D eigenvalue weighted by atomic mass is 9.70. The third-order valence-corrected chi connectivity index (χ3v) is 13.1. The maximum atomic E-state index is 14.4. The number of amides is 4. The molecule has 4 aliphatic rings. The third kappa shape index (κ3) is 8.65. The Hall–Kier alpha value is -2.84. The molecule has 4 N–H and O–H groups in total. The summed E-state index contributed by atoms with van der Waals surface area (Å²) < 4.78 is 29.3. The van der Waals surface area contributed by atoms with Crippen molar-refractivity contribution in [2.45, 2.75) is 120 Å². The third-order valence-electron chi connectivity index (χ3n) is 10.5. The van der Waals surface area contributed by atoms with E-state index in [-0.39, 0.29) is 46.4 Å². The highest BCUT2D eigenvalue weighted by Gasteiger charge is 2.58. The van der Waals surface area contributed by atoms with Crippen LogP contribution in [0.4, 0.5) is 0 Å². The van der Waals surface area contributed by atoms with Gasteiger partial charge in [0.05, 0.1) is 0 Å². The summed E-state index contributed by atoms with van der Waals surface area (Å²) in [5, 5.41) is 10.4. The van der Waals surface area contributed by atoms with Crippen molar-refractivity contribution in [2.75, 3.05) is 13.1 Å². The predicted molar refractivity (Wildman–Crippen MR) is 183 cm³/mol. The number of carbonyl (C=O) groups is 4. The van der Waals surface area contributed by atoms with Gasteiger partial charge in [-0.3, -0.25) is 19.2 Å². The number of thiazole rings is 1. The number of hydrogen-bond donors (Lipinski definition) is 4. The van der Waals surface area contributed by atoms with Crippen molar-refractivity contribution >= 4 is 45.0 Å². The van der Waals surface area contributed by atoms with Crippen molar-refractivity contribution < 1.29 is 27.6 Å². The summed E-state index contributed by atoms with van der Waals surface area (Å²) >= 11 is 0.975. The Morgan fingerprint density at radius 1 is 1.15 bits per heavy atom. The first-order valence-corrected chi connectivity index (χ1v) is 19.7. The van der Waals surface area contributed by atoms with Gasteiger partial charge in [-0.15, -0.1) is 17.9 Å². The number of nitrogens with zero attached hydrogens (tertiary/aromatic N) is 2. The van der Waals surface area contributed by atoms with Crippen LogP contribution in [0, 0.1) is 28.6 Å². The number of nitrogens with one attached hydrogen (secondary N) is 4. The fraction of sp³-hybridized carbons (Fsp3) is 0.735. The lowest BCUT2D eigenvalue weighted by molar-refractivity contribution is -0.145. The van der Waals surface area contributed by atoms with E-state index in [1.54, 1.807) is 16.4 Å². The number of aromatic nitrogens is 1. The van der Waals surface area contributed by atoms with E-state index >= 15 is 0 Å². The van der Waals surface area contributed by atoms with Crippen LogP contribution in [0.5, 0.6) is 0 Å². The molecule has 0 radical (unpaired) electrons. The van der Waals surface area contributed by atoms with Gasteiger partial charge in [0.25, 0.3) is 10.0 Å². The molecule has 266 valence electrons. The molecule has 1 aromatic heterocycles. The lowest BCUT2D eigenvalue weighted by Crippen LogP contribution is -2.63. The molecule has 0 bridgehead atoms. The predicted octanol–water partition coefficient (Wildman–Crippen LogP) is 3.12. The number of carbonyl (C=O) groups excluding carboxylic acids is 4. The number of hydrogen-bond acceptors (Lipinski definition) is 8. The van der Waals surface area contributed by atoms with Crippen LogP contribution in [-0.2, 0) is 29.2 Å². The molecule has 2 unspecified atom stereocenters. The van der Waals surface area contributed by atoms with Crippen molar-refractivity contribution in [2.24, 2.45) is 28.6 Å². The number of sulfonamides is 1. The van der Waals surface area contributed by atoms with E-state index in [0.717, 1.165) is 49.9 Å². The molecule has 1 aromatic rings. The molecule has 4 amide bonds. The van der Waals surface area contributed by atoms with Crippen LogP contribution in [0.15, 0.2) is 28.6 Å². The van der Waals surface area contributed by atoms with Crippen LogP contribution in [0.1, 0.15) is 91.9 Å². The molecule has 12 nitrogen and oxygen atoms in total. The minimum Gasteiger partial charge on any atom is -0.353 e. The molecule has 3 aliphatic carbocycles. The quantitative estimate of drug-likeness (QED) is 0.204. The first kappa shape index (κ1) is 36.4. The first-order valence-electron chi connectivity index (χ1n) is 17.3. The standard InChI is InChI=1S/C34H52N6O6S2/c1-6-14-35-25(41)19-23(17-21-10-11-21)37-29(42)26-24-18-22(24)20-40(26)31(44)28(33(2,3)4)38-30(43)27(34(5)12-8-7-9-13-34)39-48(45,46)32-36-15-16-47-32/h6,15-16,21-24,26-28,39H,1,7-14,17-20H2,2-5H3,(H,35,41)(H,37,42)(H,38,43)/t22-,23?,24?,26-,27+,28+/m0/s1. The maximum absolute atomic E-state index is 14.4. The SMILES string of the molecule is C=CCNC(=O)CC(CC1CC1)NC(=O)[C@@H]1C2C[C@H]2CN1C(=O)[C@@H](NC(=O)[C@@H](NS(=O)(=O)c1nccs1)C1(C)CCCCC1)C(C)(C)C. The monoisotopic (exact) mass is 704 g/mol. The molecule has 0 aromatic carbocycles. The highest BCUT2D eigenvalue weighted by atomic mass is 32.2. The Morgan fingerprint density at radius 3 is 2.46 bits per heavy atom. The van der Waals surface area contributed by atoms with Crippen molar-refractivity contribution in [3.05, 3.63) is 24.2 Å². The van der Waals surface area contributed by atoms with E-state index in [4.69, 9.17) is 0 Å². The zero-order valence-electron chi connectivity index (χ0n) is 28.6. The van der Waals surface area contributed by atoms with E-state index in [2.05, 4.69) is 32.2 Å². The Bertz CT molecular complexity index is 1460. The Labute approximate surface area is 288 Å². The minimum atomic E-state index is -4.09. The van der Waals surface area contributed by atoms with Crippen LogP contribution >= 0.6 is 11.3 Å². The van der Waals surface area contributed by atoms with Gasteiger partial charge in [-0.25, -0.2) is 13.4 Å². The topological polar surface area (TPSA) is 167 Å². The second kappa shape index (κ2) is 14.6. The van der Waals surface area contributed by atoms with E-state index < -0.39 is 44.9 Å². The molecule has 6 atom stereocenters. The molecule has 1 aliphatic heterocycles. The number of rotatable bonds is 15. The van der Waals surface area contributed by atoms with Gasteiger partial charge in [-0.1, -0.05) is 65.9 Å². The minimum absolute atomic E-state index is 0.0282. The van der Waals surface area contributed by atoms with Crippen molar-refractivity contribution in [3.8, 4) is 0 Å². The van der Waals surface area contributed by atoms with Crippen LogP contribution in [-0.4, -0.2) is 79.2 Å². The summed E-state index contributed by atoms with van der Waals surface area (Å²) in [6.45, 7) is 11.9. The molecular formula is C34H52N6O6S2. The van der Waals surface area contributed by atoms with Gasteiger partial charge in [0.15, 0.2) is 0 Å². The molecule has 1 saturated heterocycles. The Balaban J connectivity index is 1.34. The number of likely N-dealkylation sites (tertiary alicyclic amines) is 1. The van der Waals surface area contributed by atoms with Crippen LogP contribution in [0.3, 0.4) is 0 Å². The largest absolute Gasteiger partial charge is 0.353 e. The van der Waals surface area contributed by atoms with Gasteiger partial charge in [0, 0.05) is 37.1 Å². The normalized spacial score (nSPS) is 25.2. The zero-order valence-corrected chi connectivity index (χ0v) is 30.3. The zero-order chi connectivity index (χ0) is 34.9. The molecule has 5 rings (SSSR count). The average Bonchev–Trinajstić information content (AvgIpc) is 3.88. The van der Waals surface area contributed by atoms with Crippen molar-refractivity contribution in [1.82, 2.24) is 30.6 Å². The second-order valence-corrected chi connectivity index (χ2v) is 18.4. The maximum Gasteiger partial charge on any atom is 0.268 e. The van der Waals surface area contributed by atoms with Crippen LogP contribution in [0.2, 0.25) is 0 Å². The van der Waals surface area contributed by atoms with E-state index in [0.29, 0.717) is 38.3 Å². The Kier molecular flexibility index (Phi) is 11.1. The summed E-state index contributed by atoms with van der Waals surface area (Å²) in [5.41, 5.74) is -1.41. The number of piperidine rings is 1. The van der Waals surface area contributed by atoms with Gasteiger partial charge in [-0.05, 0) is 54.3 Å². The van der Waals surface area contributed by atoms with Gasteiger partial charge in [0.2, 0.25) is 28.0 Å². The van der Waals surface area contributed by atoms with Gasteiger partial charge < -0.3 is 20.9 Å². The molecule has 4 fully saturated rings. The highest BCUT2D eigenvalue weighted by molar-refractivity contribution is 7.91. The van der Waals surface area contributed by atoms with Gasteiger partial charge >= 0.3 is 0 Å². The van der Waals surface area contributed by atoms with Gasteiger partial charge in [-0.2, -0.15) is 4.72 Å². The van der Waals surface area contributed by atoms with E-state index in [1.165, 1.54) is 6.20 Å². The van der Waals surface area contributed by atoms with Crippen molar-refractivity contribution in [1.29, 1.82) is 0 Å². The summed E-state index contributed by atoms with van der Waals surface area (Å²) in [6.07, 6.45) is 10.9. The summed E-state index contributed by atoms with van der Waals surface area (Å²) in [6, 6.07) is -3.17. The fourth-order valence-electron chi connectivity index (χ4n) is 7.49. The molecule has 2 heterocycles. The molecule has 0 spiro atoms. The van der Waals surface area contributed by atoms with Crippen LogP contribution < -0.4 is 20.7 Å².